The number of aliphatic carboxylic acids is 1. The van der Waals surface area contributed by atoms with Gasteiger partial charge in [-0.3, -0.25) is 23.8 Å². The average molecular weight is 1320 g/mol. The third-order valence-corrected chi connectivity index (χ3v) is 17.0. The minimum absolute atomic E-state index is 0. The second-order valence-electron chi connectivity index (χ2n) is 23.5. The largest absolute Gasteiger partial charge is 0.490 e. The van der Waals surface area contributed by atoms with Crippen molar-refractivity contribution >= 4 is 101 Å². The number of aromatic nitrogens is 6. The minimum Gasteiger partial charge on any atom is -0.475 e. The van der Waals surface area contributed by atoms with Crippen LogP contribution >= 0.6 is 23.2 Å². The van der Waals surface area contributed by atoms with Crippen molar-refractivity contribution in [3.05, 3.63) is 105 Å². The van der Waals surface area contributed by atoms with Gasteiger partial charge in [-0.25, -0.2) is 40.6 Å². The topological polar surface area (TPSA) is 289 Å². The maximum atomic E-state index is 13.9. The summed E-state index contributed by atoms with van der Waals surface area (Å²) in [5, 5.41) is 17.5. The van der Waals surface area contributed by atoms with Crippen LogP contribution in [0.15, 0.2) is 60.9 Å². The van der Waals surface area contributed by atoms with E-state index in [1.165, 1.54) is 24.3 Å². The zero-order chi connectivity index (χ0) is 64.2. The van der Waals surface area contributed by atoms with E-state index in [-0.39, 0.29) is 71.9 Å². The first-order valence-electron chi connectivity index (χ1n) is 28.9. The molecule has 2 amide bonds. The molecule has 0 radical (unpaired) electrons. The van der Waals surface area contributed by atoms with Gasteiger partial charge in [0.25, 0.3) is 11.8 Å². The number of carboxylic acids is 1. The van der Waals surface area contributed by atoms with Gasteiger partial charge >= 0.3 is 18.1 Å². The van der Waals surface area contributed by atoms with Gasteiger partial charge in [-0.2, -0.15) is 23.4 Å². The Labute approximate surface area is 526 Å². The number of aryl methyl sites for hydroxylation is 2. The molecule has 4 aromatic heterocycles. The standard InChI is InChI=1S/C31H41ClN6O5S.C25H32ClN7O3S.C2HF3O2.CH4/c1-20-19-38-27(33-29(20)36-16-8-9-22(36)12-14-28(39)43-31(2,3)4)18-25(34-38)26-10-6-7-15-37(26)30(40)23-17-21(32)11-13-24(23)35-44(5,41)42;1-16-15-33-23(28-24(16)31-11-5-6-18(31)14-27)13-21(29-33)22-7-3-4-10-32(22)25(34)19-12-17(26)8-9-20(19)30-37(2,35)36;3-2(4,5)1(6)7;/h11,13,17-19,22,26,35H,6-10,12,14-16H2,1-5H3;8-9,12-13,15,18,22,30H,3-7,10-11,14,27H2,1-2H3;(H,6,7);1H4/t22-,26-;18-,22-;;/m00../s1. The third kappa shape index (κ3) is 17.7. The van der Waals surface area contributed by atoms with Gasteiger partial charge in [-0.15, -0.1) is 0 Å². The first-order chi connectivity index (χ1) is 41.3. The van der Waals surface area contributed by atoms with Gasteiger partial charge in [0, 0.05) is 96.9 Å². The molecule has 4 saturated heterocycles. The number of ether oxygens (including phenoxy) is 1. The average Bonchev–Trinajstić information content (AvgIpc) is 1.78. The fourth-order valence-corrected chi connectivity index (χ4v) is 13.1. The molecule has 0 saturated carbocycles. The van der Waals surface area contributed by atoms with Gasteiger partial charge in [0.1, 0.15) is 17.2 Å². The molecule has 8 heterocycles. The highest BCUT2D eigenvalue weighted by Crippen LogP contribution is 2.38. The number of esters is 1. The Kier molecular flexibility index (Phi) is 22.2. The van der Waals surface area contributed by atoms with Crippen molar-refractivity contribution in [2.45, 2.75) is 155 Å². The number of rotatable bonds is 14. The number of alkyl halides is 3. The molecule has 0 bridgehead atoms. The summed E-state index contributed by atoms with van der Waals surface area (Å²) in [4.78, 5) is 67.0. The van der Waals surface area contributed by atoms with E-state index in [2.05, 4.69) is 19.2 Å². The highest BCUT2D eigenvalue weighted by molar-refractivity contribution is 7.92. The number of carbonyl (C=O) groups excluding carboxylic acids is 3. The lowest BCUT2D eigenvalue weighted by atomic mass is 9.98. The maximum absolute atomic E-state index is 13.9. The molecule has 30 heteroatoms. The Hall–Kier alpha value is -7.01. The number of hydrogen-bond donors (Lipinski definition) is 4. The van der Waals surface area contributed by atoms with Crippen LogP contribution in [0.2, 0.25) is 10.0 Å². The first-order valence-corrected chi connectivity index (χ1v) is 33.5. The summed E-state index contributed by atoms with van der Waals surface area (Å²) in [5.74, 6) is -1.74. The fourth-order valence-electron chi connectivity index (χ4n) is 11.6. The maximum Gasteiger partial charge on any atom is 0.490 e. The lowest BCUT2D eigenvalue weighted by Crippen LogP contribution is -2.39. The number of benzene rings is 2. The summed E-state index contributed by atoms with van der Waals surface area (Å²) in [6, 6.07) is 12.9. The molecular formula is C59H78Cl2F3N13O10S2. The van der Waals surface area contributed by atoms with Crippen LogP contribution in [0.1, 0.15) is 161 Å². The number of nitrogens with zero attached hydrogens (tertiary/aromatic N) is 10. The number of nitrogens with one attached hydrogen (secondary N) is 2. The lowest BCUT2D eigenvalue weighted by molar-refractivity contribution is -0.192. The normalized spacial score (nSPS) is 19.0. The van der Waals surface area contributed by atoms with Crippen LogP contribution in [0.3, 0.4) is 0 Å². The number of sulfonamides is 2. The lowest BCUT2D eigenvalue weighted by Gasteiger charge is -2.35. The smallest absolute Gasteiger partial charge is 0.475 e. The highest BCUT2D eigenvalue weighted by Gasteiger charge is 2.39. The van der Waals surface area contributed by atoms with Gasteiger partial charge in [0.05, 0.1) is 58.5 Å². The molecule has 6 aromatic rings. The minimum atomic E-state index is -5.08. The van der Waals surface area contributed by atoms with Crippen molar-refractivity contribution in [3.63, 3.8) is 0 Å². The summed E-state index contributed by atoms with van der Waals surface area (Å²) in [6.45, 7) is 13.1. The number of carbonyl (C=O) groups is 4. The SMILES string of the molecule is C.Cc1cn2nc([C@@H]3CCCCN3C(=O)c3cc(Cl)ccc3NS(C)(=O)=O)cc2nc1N1CCC[C@H]1CCC(=O)OC(C)(C)C.Cc1cn2nc([C@@H]3CCCCN3C(=O)c3cc(Cl)ccc3NS(C)(=O)=O)cc2nc1N1CCC[C@H]1CN.O=C(O)C(F)(F)F. The molecule has 0 unspecified atom stereocenters. The Morgan fingerprint density at radius 3 is 1.47 bits per heavy atom. The quantitative estimate of drug-likeness (QED) is 0.0737. The number of carboxylic acid groups (broad SMARTS) is 1. The van der Waals surface area contributed by atoms with E-state index in [1.807, 2.05) is 59.1 Å². The van der Waals surface area contributed by atoms with E-state index < -0.39 is 37.8 Å². The van der Waals surface area contributed by atoms with E-state index in [1.54, 1.807) is 31.0 Å². The van der Waals surface area contributed by atoms with Crippen molar-refractivity contribution in [2.24, 2.45) is 5.73 Å². The second-order valence-corrected chi connectivity index (χ2v) is 27.9. The highest BCUT2D eigenvalue weighted by atomic mass is 35.5. The summed E-state index contributed by atoms with van der Waals surface area (Å²) in [7, 11) is -7.19. The van der Waals surface area contributed by atoms with Crippen LogP contribution < -0.4 is 25.0 Å². The Morgan fingerprint density at radius 1 is 0.663 bits per heavy atom. The Balaban J connectivity index is 0.000000229. The molecule has 2 aromatic carbocycles. The van der Waals surface area contributed by atoms with E-state index >= 15 is 0 Å². The predicted octanol–water partition coefficient (Wildman–Crippen LogP) is 10.1. The van der Waals surface area contributed by atoms with E-state index in [0.29, 0.717) is 48.2 Å². The van der Waals surface area contributed by atoms with Crippen molar-refractivity contribution in [2.75, 3.05) is 64.5 Å². The fraction of sp³-hybridized carbons (Fsp3) is 0.525. The van der Waals surface area contributed by atoms with Crippen LogP contribution in [-0.2, 0) is 34.4 Å². The number of amides is 2. The van der Waals surface area contributed by atoms with Crippen LogP contribution in [0, 0.1) is 13.8 Å². The van der Waals surface area contributed by atoms with Crippen LogP contribution in [0.25, 0.3) is 11.3 Å². The summed E-state index contributed by atoms with van der Waals surface area (Å²) < 4.78 is 93.5. The number of piperidine rings is 2. The first kappa shape index (κ1) is 69.5. The van der Waals surface area contributed by atoms with Crippen molar-refractivity contribution < 1.29 is 59.0 Å². The Bertz CT molecular complexity index is 3810. The second kappa shape index (κ2) is 28.4. The molecule has 4 aliphatic rings. The zero-order valence-electron chi connectivity index (χ0n) is 50.0. The number of anilines is 4. The van der Waals surface area contributed by atoms with Crippen LogP contribution in [-0.4, -0.2) is 154 Å². The molecule has 4 atom stereocenters. The van der Waals surface area contributed by atoms with Crippen LogP contribution in [0.5, 0.6) is 0 Å². The van der Waals surface area contributed by atoms with E-state index in [4.69, 9.17) is 63.7 Å². The molecule has 4 fully saturated rings. The van der Waals surface area contributed by atoms with E-state index in [0.717, 1.165) is 130 Å². The van der Waals surface area contributed by atoms with E-state index in [9.17, 15) is 44.4 Å². The molecule has 4 aliphatic heterocycles. The number of likely N-dealkylation sites (tertiary alicyclic amines) is 2. The van der Waals surface area contributed by atoms with Crippen molar-refractivity contribution in [1.29, 1.82) is 0 Å². The Morgan fingerprint density at radius 2 is 1.08 bits per heavy atom. The number of fused-ring (bicyclic) bond motifs is 2. The molecule has 0 spiro atoms. The molecular weight excluding hydrogens is 1240 g/mol. The van der Waals surface area contributed by atoms with Gasteiger partial charge in [0.15, 0.2) is 11.3 Å². The van der Waals surface area contributed by atoms with Gasteiger partial charge in [-0.05, 0) is 142 Å². The molecule has 10 rings (SSSR count). The summed E-state index contributed by atoms with van der Waals surface area (Å²) in [6.07, 6.45) is 11.2. The number of halogens is 5. The molecule has 5 N–H and O–H groups in total. The number of nitrogens with two attached hydrogens (primary N) is 1. The van der Waals surface area contributed by atoms with Crippen LogP contribution in [0.4, 0.5) is 36.2 Å². The zero-order valence-corrected chi connectivity index (χ0v) is 53.1. The summed E-state index contributed by atoms with van der Waals surface area (Å²) in [5.41, 5.74) is 11.2. The van der Waals surface area contributed by atoms with Gasteiger partial charge < -0.3 is 35.2 Å². The predicted molar refractivity (Wildman–Crippen MR) is 336 cm³/mol. The third-order valence-electron chi connectivity index (χ3n) is 15.4. The molecule has 89 heavy (non-hydrogen) atoms. The molecule has 0 aliphatic carbocycles. The van der Waals surface area contributed by atoms with Gasteiger partial charge in [-0.1, -0.05) is 30.6 Å². The molecule has 486 valence electrons. The van der Waals surface area contributed by atoms with Crippen molar-refractivity contribution in [3.8, 4) is 0 Å². The monoisotopic (exact) mass is 1320 g/mol. The van der Waals surface area contributed by atoms with Crippen molar-refractivity contribution in [1.82, 2.24) is 39.0 Å². The van der Waals surface area contributed by atoms with Gasteiger partial charge in [0.2, 0.25) is 20.0 Å². The number of hydrogen-bond acceptors (Lipinski definition) is 16. The molecule has 23 nitrogen and oxygen atoms in total. The summed E-state index contributed by atoms with van der Waals surface area (Å²) >= 11 is 12.4.